The van der Waals surface area contributed by atoms with Crippen molar-refractivity contribution in [3.8, 4) is 5.75 Å². The second kappa shape index (κ2) is 9.97. The monoisotopic (exact) mass is 366 g/mol. The van der Waals surface area contributed by atoms with Crippen LogP contribution >= 0.6 is 0 Å². The lowest BCUT2D eigenvalue weighted by Gasteiger charge is -2.42. The minimum atomic E-state index is -1.90. The van der Waals surface area contributed by atoms with Crippen LogP contribution in [0.3, 0.4) is 0 Å². The lowest BCUT2D eigenvalue weighted by atomic mass is 9.89. The number of carbonyl (C=O) groups is 1. The lowest BCUT2D eigenvalue weighted by molar-refractivity contribution is -0.148. The van der Waals surface area contributed by atoms with Gasteiger partial charge in [0.1, 0.15) is 5.75 Å². The van der Waals surface area contributed by atoms with Gasteiger partial charge in [0.05, 0.1) is 18.6 Å². The summed E-state index contributed by atoms with van der Waals surface area (Å²) < 4.78 is 12.1. The van der Waals surface area contributed by atoms with Crippen LogP contribution in [0.5, 0.6) is 5.75 Å². The molecule has 4 nitrogen and oxygen atoms in total. The van der Waals surface area contributed by atoms with E-state index in [0.717, 1.165) is 30.1 Å². The summed E-state index contributed by atoms with van der Waals surface area (Å²) in [5.41, 5.74) is 0.409. The number of hydrogen-bond acceptors (Lipinski definition) is 4. The summed E-state index contributed by atoms with van der Waals surface area (Å²) in [5, 5.41) is 9.80. The average molecular weight is 367 g/mol. The Kier molecular flexibility index (Phi) is 8.66. The summed E-state index contributed by atoms with van der Waals surface area (Å²) in [6.45, 7) is 10.9. The Morgan fingerprint density at radius 1 is 1.12 bits per heavy atom. The maximum absolute atomic E-state index is 12.3. The van der Waals surface area contributed by atoms with Gasteiger partial charge >= 0.3 is 5.97 Å². The van der Waals surface area contributed by atoms with Crippen molar-refractivity contribution in [2.45, 2.75) is 77.6 Å². The Bertz CT molecular complexity index is 534. The first-order valence-electron chi connectivity index (χ1n) is 9.51. The fraction of sp³-hybridized carbons (Fsp3) is 0.650. The lowest BCUT2D eigenvalue weighted by Crippen LogP contribution is -2.49. The Morgan fingerprint density at radius 3 is 2.24 bits per heavy atom. The second-order valence-electron chi connectivity index (χ2n) is 6.71. The van der Waals surface area contributed by atoms with E-state index in [4.69, 9.17) is 9.16 Å². The molecule has 1 rings (SSSR count). The van der Waals surface area contributed by atoms with E-state index in [1.54, 1.807) is 12.1 Å². The van der Waals surface area contributed by atoms with Crippen LogP contribution in [-0.4, -0.2) is 31.6 Å². The van der Waals surface area contributed by atoms with E-state index in [1.165, 1.54) is 0 Å². The van der Waals surface area contributed by atoms with E-state index >= 15 is 0 Å². The van der Waals surface area contributed by atoms with E-state index in [9.17, 15) is 9.90 Å². The molecule has 1 N–H and O–H groups in total. The molecule has 0 saturated heterocycles. The number of esters is 1. The third-order valence-electron chi connectivity index (χ3n) is 5.22. The fourth-order valence-corrected chi connectivity index (χ4v) is 6.54. The Labute approximate surface area is 153 Å². The highest BCUT2D eigenvalue weighted by atomic mass is 28.4. The minimum absolute atomic E-state index is 0.212. The molecule has 1 unspecified atom stereocenters. The van der Waals surface area contributed by atoms with E-state index in [-0.39, 0.29) is 18.1 Å². The maximum atomic E-state index is 12.3. The zero-order valence-electron chi connectivity index (χ0n) is 16.4. The van der Waals surface area contributed by atoms with Crippen LogP contribution in [0.2, 0.25) is 18.1 Å². The van der Waals surface area contributed by atoms with Crippen molar-refractivity contribution in [3.05, 3.63) is 29.8 Å². The molecule has 142 valence electrons. The van der Waals surface area contributed by atoms with Crippen molar-refractivity contribution in [3.63, 3.8) is 0 Å². The molecule has 0 fully saturated rings. The molecule has 0 saturated carbocycles. The highest BCUT2D eigenvalue weighted by Gasteiger charge is 2.41. The van der Waals surface area contributed by atoms with Gasteiger partial charge in [-0.1, -0.05) is 39.8 Å². The molecule has 0 amide bonds. The second-order valence-corrected chi connectivity index (χ2v) is 11.4. The van der Waals surface area contributed by atoms with Crippen LogP contribution in [0.1, 0.15) is 53.0 Å². The summed E-state index contributed by atoms with van der Waals surface area (Å²) in [6, 6.07) is 10.3. The van der Waals surface area contributed by atoms with Gasteiger partial charge in [-0.15, -0.1) is 0 Å². The number of hydrogen-bond donors (Lipinski definition) is 1. The van der Waals surface area contributed by atoms with Gasteiger partial charge in [-0.25, -0.2) is 0 Å². The zero-order chi connectivity index (χ0) is 18.9. The van der Waals surface area contributed by atoms with Crippen LogP contribution in [0.15, 0.2) is 24.3 Å². The number of benzene rings is 1. The molecule has 0 heterocycles. The normalized spacial score (nSPS) is 14.1. The highest BCUT2D eigenvalue weighted by molar-refractivity contribution is 6.73. The average Bonchev–Trinajstić information content (AvgIpc) is 2.60. The number of rotatable bonds is 11. The highest BCUT2D eigenvalue weighted by Crippen LogP contribution is 2.35. The molecule has 0 aliphatic rings. The molecule has 5 heteroatoms. The SMILES string of the molecule is CCOC(=O)CC(CC)(Cc1cccc(O)c1)O[Si](CC)(CC)CC. The smallest absolute Gasteiger partial charge is 0.308 e. The third kappa shape index (κ3) is 6.15. The first-order chi connectivity index (χ1) is 11.9. The molecule has 1 atom stereocenters. The molecule has 0 aliphatic heterocycles. The molecular weight excluding hydrogens is 332 g/mol. The van der Waals surface area contributed by atoms with E-state index in [1.807, 2.05) is 19.1 Å². The van der Waals surface area contributed by atoms with E-state index in [2.05, 4.69) is 27.7 Å². The quantitative estimate of drug-likeness (QED) is 0.439. The molecule has 0 spiro atoms. The number of carbonyl (C=O) groups excluding carboxylic acids is 1. The third-order valence-corrected chi connectivity index (χ3v) is 9.95. The summed E-state index contributed by atoms with van der Waals surface area (Å²) in [5.74, 6) is 0.0272. The Morgan fingerprint density at radius 2 is 1.76 bits per heavy atom. The summed E-state index contributed by atoms with van der Waals surface area (Å²) in [7, 11) is -1.90. The van der Waals surface area contributed by atoms with E-state index < -0.39 is 13.9 Å². The molecule has 0 aliphatic carbocycles. The molecule has 0 radical (unpaired) electrons. The first-order valence-corrected chi connectivity index (χ1v) is 12.0. The first kappa shape index (κ1) is 21.7. The van der Waals surface area contributed by atoms with Gasteiger partial charge in [0.15, 0.2) is 8.32 Å². The summed E-state index contributed by atoms with van der Waals surface area (Å²) >= 11 is 0. The molecular formula is C20H34O4Si. The Balaban J connectivity index is 3.19. The van der Waals surface area contributed by atoms with Crippen LogP contribution in [-0.2, 0) is 20.4 Å². The van der Waals surface area contributed by atoms with Gasteiger partial charge in [0, 0.05) is 6.42 Å². The van der Waals surface area contributed by atoms with Gasteiger partial charge in [0.25, 0.3) is 0 Å². The van der Waals surface area contributed by atoms with Crippen LogP contribution in [0, 0.1) is 0 Å². The van der Waals surface area contributed by atoms with Gasteiger partial charge < -0.3 is 14.3 Å². The number of aromatic hydroxyl groups is 1. The van der Waals surface area contributed by atoms with Crippen molar-refractivity contribution in [1.82, 2.24) is 0 Å². The zero-order valence-corrected chi connectivity index (χ0v) is 17.4. The van der Waals surface area contributed by atoms with Gasteiger partial charge in [-0.2, -0.15) is 0 Å². The van der Waals surface area contributed by atoms with Crippen molar-refractivity contribution in [2.24, 2.45) is 0 Å². The van der Waals surface area contributed by atoms with Gasteiger partial charge in [-0.3, -0.25) is 4.79 Å². The fourth-order valence-electron chi connectivity index (χ4n) is 3.40. The number of ether oxygens (including phenoxy) is 1. The predicted molar refractivity (Wildman–Crippen MR) is 104 cm³/mol. The van der Waals surface area contributed by atoms with Crippen LogP contribution < -0.4 is 0 Å². The van der Waals surface area contributed by atoms with Gasteiger partial charge in [0.2, 0.25) is 0 Å². The molecule has 1 aromatic rings. The van der Waals surface area contributed by atoms with Crippen LogP contribution in [0.25, 0.3) is 0 Å². The number of phenols is 1. The molecule has 0 aromatic heterocycles. The minimum Gasteiger partial charge on any atom is -0.508 e. The van der Waals surface area contributed by atoms with Crippen molar-refractivity contribution in [2.75, 3.05) is 6.61 Å². The van der Waals surface area contributed by atoms with E-state index in [0.29, 0.717) is 13.0 Å². The summed E-state index contributed by atoms with van der Waals surface area (Å²) in [6.07, 6.45) is 1.59. The standard InChI is InChI=1S/C20H34O4Si/c1-6-20(16-19(22)23-7-2,24-25(8-3,9-4)10-5)15-17-12-11-13-18(21)14-17/h11-14,21H,6-10,15-16H2,1-5H3. The Hall–Kier alpha value is -1.33. The van der Waals surface area contributed by atoms with Crippen molar-refractivity contribution in [1.29, 1.82) is 0 Å². The topological polar surface area (TPSA) is 55.8 Å². The number of phenolic OH excluding ortho intramolecular Hbond substituents is 1. The summed E-state index contributed by atoms with van der Waals surface area (Å²) in [4.78, 5) is 12.3. The van der Waals surface area contributed by atoms with Crippen molar-refractivity contribution >= 4 is 14.3 Å². The van der Waals surface area contributed by atoms with Crippen LogP contribution in [0.4, 0.5) is 0 Å². The molecule has 0 bridgehead atoms. The molecule has 1 aromatic carbocycles. The maximum Gasteiger partial charge on any atom is 0.308 e. The largest absolute Gasteiger partial charge is 0.508 e. The van der Waals surface area contributed by atoms with Crippen molar-refractivity contribution < 1.29 is 19.1 Å². The van der Waals surface area contributed by atoms with Gasteiger partial charge in [-0.05, 0) is 49.2 Å². The molecule has 25 heavy (non-hydrogen) atoms. The predicted octanol–water partition coefficient (Wildman–Crippen LogP) is 5.06.